The number of hydrogen-bond donors (Lipinski definition) is 0. The first-order chi connectivity index (χ1) is 10.8. The van der Waals surface area contributed by atoms with Crippen LogP contribution < -0.4 is 0 Å². The summed E-state index contributed by atoms with van der Waals surface area (Å²) in [6, 6.07) is 7.11. The van der Waals surface area contributed by atoms with Crippen molar-refractivity contribution in [2.45, 2.75) is 6.54 Å². The van der Waals surface area contributed by atoms with E-state index in [0.29, 0.717) is 18.3 Å². The van der Waals surface area contributed by atoms with Gasteiger partial charge in [-0.3, -0.25) is 4.79 Å². The van der Waals surface area contributed by atoms with Gasteiger partial charge in [-0.15, -0.1) is 17.9 Å². The summed E-state index contributed by atoms with van der Waals surface area (Å²) in [7, 11) is 0. The fourth-order valence-electron chi connectivity index (χ4n) is 1.92. The summed E-state index contributed by atoms with van der Waals surface area (Å²) in [5.74, 6) is 0.903. The van der Waals surface area contributed by atoms with Crippen LogP contribution >= 0.6 is 11.3 Å². The number of aromatic nitrogens is 2. The van der Waals surface area contributed by atoms with Crippen LogP contribution in [0.1, 0.15) is 16.4 Å². The molecule has 3 aromatic heterocycles. The largest absolute Gasteiger partial charge is 0.459 e. The number of hydrogen-bond acceptors (Lipinski definition) is 6. The molecular weight excluding hydrogens is 302 g/mol. The Morgan fingerprint density at radius 3 is 3.00 bits per heavy atom. The second-order valence-electron chi connectivity index (χ2n) is 4.44. The number of thiophene rings is 1. The zero-order valence-electron chi connectivity index (χ0n) is 11.6. The van der Waals surface area contributed by atoms with Crippen LogP contribution in [0.25, 0.3) is 10.7 Å². The van der Waals surface area contributed by atoms with E-state index in [2.05, 4.69) is 16.7 Å². The molecular formula is C15H13N3O3S. The van der Waals surface area contributed by atoms with E-state index in [9.17, 15) is 4.79 Å². The van der Waals surface area contributed by atoms with E-state index in [1.807, 2.05) is 17.5 Å². The molecule has 0 unspecified atom stereocenters. The van der Waals surface area contributed by atoms with E-state index in [4.69, 9.17) is 8.94 Å². The Kier molecular flexibility index (Phi) is 4.15. The molecule has 0 saturated carbocycles. The summed E-state index contributed by atoms with van der Waals surface area (Å²) in [6.45, 7) is 4.22. The Labute approximate surface area is 130 Å². The van der Waals surface area contributed by atoms with Gasteiger partial charge in [0.25, 0.3) is 5.91 Å². The lowest BCUT2D eigenvalue weighted by Gasteiger charge is -2.17. The van der Waals surface area contributed by atoms with E-state index in [-0.39, 0.29) is 18.2 Å². The van der Waals surface area contributed by atoms with Crippen molar-refractivity contribution < 1.29 is 13.7 Å². The second-order valence-corrected chi connectivity index (χ2v) is 5.39. The minimum Gasteiger partial charge on any atom is -0.459 e. The molecule has 0 radical (unpaired) electrons. The summed E-state index contributed by atoms with van der Waals surface area (Å²) >= 11 is 1.53. The molecule has 22 heavy (non-hydrogen) atoms. The second kappa shape index (κ2) is 6.40. The molecule has 3 aromatic rings. The van der Waals surface area contributed by atoms with Crippen LogP contribution in [0.2, 0.25) is 0 Å². The normalized spacial score (nSPS) is 10.5. The Bertz CT molecular complexity index is 747. The summed E-state index contributed by atoms with van der Waals surface area (Å²) in [5, 5.41) is 5.87. The lowest BCUT2D eigenvalue weighted by Crippen LogP contribution is -2.30. The van der Waals surface area contributed by atoms with Crippen molar-refractivity contribution in [3.05, 3.63) is 60.2 Å². The molecule has 0 aliphatic rings. The van der Waals surface area contributed by atoms with Crippen LogP contribution in [-0.4, -0.2) is 27.5 Å². The van der Waals surface area contributed by atoms with Crippen molar-refractivity contribution in [3.8, 4) is 10.7 Å². The highest BCUT2D eigenvalue weighted by molar-refractivity contribution is 7.13. The molecule has 0 bridgehead atoms. The topological polar surface area (TPSA) is 72.4 Å². The molecule has 3 rings (SSSR count). The van der Waals surface area contributed by atoms with Crippen molar-refractivity contribution in [1.82, 2.24) is 15.0 Å². The lowest BCUT2D eigenvalue weighted by molar-refractivity contribution is 0.0713. The maximum atomic E-state index is 12.3. The summed E-state index contributed by atoms with van der Waals surface area (Å²) in [6.07, 6.45) is 3.10. The number of rotatable bonds is 6. The van der Waals surface area contributed by atoms with Gasteiger partial charge in [0.1, 0.15) is 6.54 Å². The highest BCUT2D eigenvalue weighted by atomic mass is 32.1. The number of nitrogens with zero attached hydrogens (tertiary/aromatic N) is 3. The Balaban J connectivity index is 1.76. The van der Waals surface area contributed by atoms with Gasteiger partial charge in [0, 0.05) is 6.54 Å². The van der Waals surface area contributed by atoms with Crippen molar-refractivity contribution in [1.29, 1.82) is 0 Å². The van der Waals surface area contributed by atoms with Gasteiger partial charge < -0.3 is 13.8 Å². The van der Waals surface area contributed by atoms with E-state index in [1.54, 1.807) is 18.2 Å². The molecule has 112 valence electrons. The number of carbonyl (C=O) groups is 1. The average molecular weight is 315 g/mol. The molecule has 0 N–H and O–H groups in total. The highest BCUT2D eigenvalue weighted by Gasteiger charge is 2.20. The summed E-state index contributed by atoms with van der Waals surface area (Å²) in [5.41, 5.74) is 0. The third-order valence-corrected chi connectivity index (χ3v) is 3.77. The molecule has 0 spiro atoms. The molecule has 1 amide bonds. The lowest BCUT2D eigenvalue weighted by atomic mass is 10.3. The van der Waals surface area contributed by atoms with E-state index in [1.165, 1.54) is 22.5 Å². The van der Waals surface area contributed by atoms with Gasteiger partial charge in [0.05, 0.1) is 11.1 Å². The highest BCUT2D eigenvalue weighted by Crippen LogP contribution is 2.21. The molecule has 6 nitrogen and oxygen atoms in total. The maximum absolute atomic E-state index is 12.3. The number of carbonyl (C=O) groups excluding carboxylic acids is 1. The van der Waals surface area contributed by atoms with E-state index in [0.717, 1.165) is 4.88 Å². The van der Waals surface area contributed by atoms with Gasteiger partial charge in [-0.25, -0.2) is 0 Å². The predicted molar refractivity (Wildman–Crippen MR) is 81.3 cm³/mol. The summed E-state index contributed by atoms with van der Waals surface area (Å²) in [4.78, 5) is 19.1. The van der Waals surface area contributed by atoms with Gasteiger partial charge in [-0.1, -0.05) is 17.3 Å². The fraction of sp³-hybridized carbons (Fsp3) is 0.133. The zero-order chi connectivity index (χ0) is 15.4. The van der Waals surface area contributed by atoms with Crippen molar-refractivity contribution in [3.63, 3.8) is 0 Å². The van der Waals surface area contributed by atoms with Crippen LogP contribution in [0.3, 0.4) is 0 Å². The van der Waals surface area contributed by atoms with Crippen molar-refractivity contribution in [2.24, 2.45) is 0 Å². The quantitative estimate of drug-likeness (QED) is 0.653. The van der Waals surface area contributed by atoms with E-state index < -0.39 is 0 Å². The van der Waals surface area contributed by atoms with Gasteiger partial charge in [0.2, 0.25) is 11.7 Å². The molecule has 7 heteroatoms. The number of furan rings is 1. The minimum atomic E-state index is -0.249. The zero-order valence-corrected chi connectivity index (χ0v) is 12.5. The first kappa shape index (κ1) is 14.3. The van der Waals surface area contributed by atoms with Gasteiger partial charge in [0.15, 0.2) is 5.76 Å². The van der Waals surface area contributed by atoms with Crippen LogP contribution in [0.15, 0.2) is 57.5 Å². The molecule has 0 aliphatic heterocycles. The molecule has 0 aliphatic carbocycles. The van der Waals surface area contributed by atoms with Gasteiger partial charge in [-0.2, -0.15) is 4.98 Å². The van der Waals surface area contributed by atoms with Crippen LogP contribution in [0, 0.1) is 0 Å². The smallest absolute Gasteiger partial charge is 0.290 e. The van der Waals surface area contributed by atoms with Gasteiger partial charge >= 0.3 is 0 Å². The third-order valence-electron chi connectivity index (χ3n) is 2.90. The van der Waals surface area contributed by atoms with Crippen molar-refractivity contribution >= 4 is 17.2 Å². The van der Waals surface area contributed by atoms with Crippen LogP contribution in [0.5, 0.6) is 0 Å². The predicted octanol–water partition coefficient (Wildman–Crippen LogP) is 3.22. The molecule has 0 fully saturated rings. The molecule has 0 aromatic carbocycles. The minimum absolute atomic E-state index is 0.198. The van der Waals surface area contributed by atoms with Crippen LogP contribution in [-0.2, 0) is 6.54 Å². The summed E-state index contributed by atoms with van der Waals surface area (Å²) < 4.78 is 10.4. The first-order valence-electron chi connectivity index (χ1n) is 6.58. The Morgan fingerprint density at radius 2 is 2.32 bits per heavy atom. The fourth-order valence-corrected chi connectivity index (χ4v) is 2.57. The van der Waals surface area contributed by atoms with E-state index >= 15 is 0 Å². The Hall–Kier alpha value is -2.67. The van der Waals surface area contributed by atoms with Crippen LogP contribution in [0.4, 0.5) is 0 Å². The molecule has 0 atom stereocenters. The molecule has 3 heterocycles. The maximum Gasteiger partial charge on any atom is 0.290 e. The van der Waals surface area contributed by atoms with Crippen molar-refractivity contribution in [2.75, 3.05) is 6.54 Å². The SMILES string of the molecule is C=CCN(Cc1nc(-c2cccs2)no1)C(=O)c1ccco1. The third kappa shape index (κ3) is 2.99. The monoisotopic (exact) mass is 315 g/mol. The molecule has 0 saturated heterocycles. The number of amides is 1. The first-order valence-corrected chi connectivity index (χ1v) is 7.46. The average Bonchev–Trinajstić information content (AvgIpc) is 3.26. The van der Waals surface area contributed by atoms with Gasteiger partial charge in [-0.05, 0) is 23.6 Å². The standard InChI is InChI=1S/C15H13N3O3S/c1-2-7-18(15(19)11-5-3-8-20-11)10-13-16-14(17-21-13)12-6-4-9-22-12/h2-6,8-9H,1,7,10H2. The Morgan fingerprint density at radius 1 is 1.41 bits per heavy atom.